The molecule has 0 bridgehead atoms. The molecule has 1 saturated heterocycles. The monoisotopic (exact) mass is 223 g/mol. The molecule has 2 atom stereocenters. The lowest BCUT2D eigenvalue weighted by molar-refractivity contribution is 0.228. The van der Waals surface area contributed by atoms with Gasteiger partial charge in [-0.05, 0) is 25.9 Å². The Bertz CT molecular complexity index is 337. The van der Waals surface area contributed by atoms with Crippen LogP contribution in [0.3, 0.4) is 0 Å². The fourth-order valence-electron chi connectivity index (χ4n) is 2.28. The first-order valence-electron chi connectivity index (χ1n) is 6.16. The summed E-state index contributed by atoms with van der Waals surface area (Å²) >= 11 is 0. The number of nitrogens with zero attached hydrogens (tertiary/aromatic N) is 2. The maximum Gasteiger partial charge on any atom is 0.211 e. The third-order valence-corrected chi connectivity index (χ3v) is 3.44. The summed E-state index contributed by atoms with van der Waals surface area (Å²) in [5.74, 6) is 2.05. The molecule has 16 heavy (non-hydrogen) atoms. The first-order chi connectivity index (χ1) is 7.76. The van der Waals surface area contributed by atoms with Gasteiger partial charge in [0.2, 0.25) is 5.89 Å². The minimum absolute atomic E-state index is 0.262. The Labute approximate surface area is 96.8 Å². The predicted octanol–water partition coefficient (Wildman–Crippen LogP) is 1.89. The van der Waals surface area contributed by atoms with Crippen LogP contribution >= 0.6 is 0 Å². The minimum Gasteiger partial charge on any atom is -0.444 e. The van der Waals surface area contributed by atoms with Gasteiger partial charge in [0.15, 0.2) is 0 Å². The second-order valence-corrected chi connectivity index (χ2v) is 4.52. The van der Waals surface area contributed by atoms with Crippen LogP contribution in [0.15, 0.2) is 10.6 Å². The molecular weight excluding hydrogens is 202 g/mol. The molecule has 0 spiro atoms. The summed E-state index contributed by atoms with van der Waals surface area (Å²) in [4.78, 5) is 6.82. The molecule has 1 aromatic heterocycles. The van der Waals surface area contributed by atoms with Crippen molar-refractivity contribution in [2.24, 2.45) is 5.73 Å². The summed E-state index contributed by atoms with van der Waals surface area (Å²) in [7, 11) is 0. The molecule has 1 aliphatic rings. The van der Waals surface area contributed by atoms with Crippen LogP contribution in [0.25, 0.3) is 0 Å². The van der Waals surface area contributed by atoms with E-state index >= 15 is 0 Å². The number of aromatic nitrogens is 1. The third kappa shape index (κ3) is 2.13. The molecule has 1 fully saturated rings. The fourth-order valence-corrected chi connectivity index (χ4v) is 2.28. The second kappa shape index (κ2) is 4.97. The summed E-state index contributed by atoms with van der Waals surface area (Å²) in [6.45, 7) is 7.08. The molecule has 90 valence electrons. The topological polar surface area (TPSA) is 55.3 Å². The molecule has 4 heteroatoms. The van der Waals surface area contributed by atoms with Crippen LogP contribution in [0.1, 0.15) is 50.3 Å². The smallest absolute Gasteiger partial charge is 0.211 e. The number of oxazole rings is 1. The molecule has 0 aromatic carbocycles. The van der Waals surface area contributed by atoms with Crippen LogP contribution in [0.2, 0.25) is 0 Å². The van der Waals surface area contributed by atoms with E-state index in [1.807, 2.05) is 6.20 Å². The molecule has 2 unspecified atom stereocenters. The number of rotatable bonds is 4. The van der Waals surface area contributed by atoms with E-state index in [1.165, 1.54) is 6.42 Å². The molecule has 2 N–H and O–H groups in total. The van der Waals surface area contributed by atoms with Crippen molar-refractivity contribution in [3.63, 3.8) is 0 Å². The summed E-state index contributed by atoms with van der Waals surface area (Å²) in [5.41, 5.74) is 5.62. The highest BCUT2D eigenvalue weighted by molar-refractivity contribution is 5.04. The van der Waals surface area contributed by atoms with Crippen LogP contribution in [0, 0.1) is 0 Å². The fraction of sp³-hybridized carbons (Fsp3) is 0.750. The molecule has 4 nitrogen and oxygen atoms in total. The van der Waals surface area contributed by atoms with Crippen LogP contribution in [0.5, 0.6) is 0 Å². The van der Waals surface area contributed by atoms with Gasteiger partial charge in [-0.25, -0.2) is 4.98 Å². The lowest BCUT2D eigenvalue weighted by atomic mass is 10.1. The van der Waals surface area contributed by atoms with Gasteiger partial charge in [0.25, 0.3) is 0 Å². The SMILES string of the molecule is CCN1CCCC1c1ncc(C(C)CN)o1. The van der Waals surface area contributed by atoms with E-state index in [4.69, 9.17) is 10.2 Å². The molecule has 1 aliphatic heterocycles. The zero-order valence-corrected chi connectivity index (χ0v) is 10.1. The van der Waals surface area contributed by atoms with Gasteiger partial charge in [-0.2, -0.15) is 0 Å². The zero-order chi connectivity index (χ0) is 11.5. The van der Waals surface area contributed by atoms with Crippen molar-refractivity contribution in [3.8, 4) is 0 Å². The van der Waals surface area contributed by atoms with Crippen molar-refractivity contribution in [2.45, 2.75) is 38.6 Å². The van der Waals surface area contributed by atoms with Crippen LogP contribution < -0.4 is 5.73 Å². The van der Waals surface area contributed by atoms with E-state index in [2.05, 4.69) is 23.7 Å². The van der Waals surface area contributed by atoms with E-state index in [-0.39, 0.29) is 5.92 Å². The van der Waals surface area contributed by atoms with Gasteiger partial charge >= 0.3 is 0 Å². The summed E-state index contributed by atoms with van der Waals surface area (Å²) < 4.78 is 5.82. The lowest BCUT2D eigenvalue weighted by Gasteiger charge is -2.19. The Morgan fingerprint density at radius 3 is 3.19 bits per heavy atom. The van der Waals surface area contributed by atoms with Gasteiger partial charge in [-0.1, -0.05) is 13.8 Å². The molecule has 2 rings (SSSR count). The molecule has 0 amide bonds. The highest BCUT2D eigenvalue weighted by Gasteiger charge is 2.28. The first kappa shape index (κ1) is 11.6. The number of likely N-dealkylation sites (tertiary alicyclic amines) is 1. The molecule has 0 saturated carbocycles. The molecule has 1 aromatic rings. The Balaban J connectivity index is 2.12. The van der Waals surface area contributed by atoms with Gasteiger partial charge in [0, 0.05) is 12.5 Å². The highest BCUT2D eigenvalue weighted by atomic mass is 16.4. The van der Waals surface area contributed by atoms with Crippen molar-refractivity contribution < 1.29 is 4.42 Å². The molecule has 0 radical (unpaired) electrons. The lowest BCUT2D eigenvalue weighted by Crippen LogP contribution is -2.22. The van der Waals surface area contributed by atoms with Crippen molar-refractivity contribution >= 4 is 0 Å². The van der Waals surface area contributed by atoms with Crippen molar-refractivity contribution in [1.82, 2.24) is 9.88 Å². The van der Waals surface area contributed by atoms with Gasteiger partial charge in [0.05, 0.1) is 12.2 Å². The number of hydrogen-bond acceptors (Lipinski definition) is 4. The van der Waals surface area contributed by atoms with Crippen molar-refractivity contribution in [3.05, 3.63) is 17.8 Å². The quantitative estimate of drug-likeness (QED) is 0.847. The minimum atomic E-state index is 0.262. The first-order valence-corrected chi connectivity index (χ1v) is 6.16. The molecular formula is C12H21N3O. The van der Waals surface area contributed by atoms with E-state index < -0.39 is 0 Å². The van der Waals surface area contributed by atoms with E-state index in [0.29, 0.717) is 12.6 Å². The Morgan fingerprint density at radius 1 is 1.69 bits per heavy atom. The van der Waals surface area contributed by atoms with E-state index in [9.17, 15) is 0 Å². The summed E-state index contributed by atoms with van der Waals surface area (Å²) in [6.07, 6.45) is 4.23. The average molecular weight is 223 g/mol. The van der Waals surface area contributed by atoms with Gasteiger partial charge in [-0.3, -0.25) is 4.90 Å². The standard InChI is InChI=1S/C12H21N3O/c1-3-15-6-4-5-10(15)12-14-8-11(16-12)9(2)7-13/h8-10H,3-7,13H2,1-2H3. The largest absolute Gasteiger partial charge is 0.444 e. The van der Waals surface area contributed by atoms with Crippen LogP contribution in [0.4, 0.5) is 0 Å². The van der Waals surface area contributed by atoms with Gasteiger partial charge < -0.3 is 10.2 Å². The van der Waals surface area contributed by atoms with E-state index in [1.54, 1.807) is 0 Å². The normalized spacial score (nSPS) is 23.8. The molecule has 2 heterocycles. The Kier molecular flexibility index (Phi) is 3.61. The third-order valence-electron chi connectivity index (χ3n) is 3.44. The number of hydrogen-bond donors (Lipinski definition) is 1. The maximum absolute atomic E-state index is 5.82. The zero-order valence-electron chi connectivity index (χ0n) is 10.1. The summed E-state index contributed by atoms with van der Waals surface area (Å²) in [6, 6.07) is 0.378. The molecule has 0 aliphatic carbocycles. The second-order valence-electron chi connectivity index (χ2n) is 4.52. The average Bonchev–Trinajstić information content (AvgIpc) is 2.95. The van der Waals surface area contributed by atoms with Gasteiger partial charge in [-0.15, -0.1) is 0 Å². The highest BCUT2D eigenvalue weighted by Crippen LogP contribution is 2.31. The summed E-state index contributed by atoms with van der Waals surface area (Å²) in [5, 5.41) is 0. The maximum atomic E-state index is 5.82. The van der Waals surface area contributed by atoms with Crippen molar-refractivity contribution in [1.29, 1.82) is 0 Å². The Hall–Kier alpha value is -0.870. The van der Waals surface area contributed by atoms with Crippen molar-refractivity contribution in [2.75, 3.05) is 19.6 Å². The van der Waals surface area contributed by atoms with Crippen LogP contribution in [-0.4, -0.2) is 29.5 Å². The number of nitrogens with two attached hydrogens (primary N) is 1. The van der Waals surface area contributed by atoms with Crippen LogP contribution in [-0.2, 0) is 0 Å². The van der Waals surface area contributed by atoms with Gasteiger partial charge in [0.1, 0.15) is 5.76 Å². The predicted molar refractivity (Wildman–Crippen MR) is 63.2 cm³/mol. The van der Waals surface area contributed by atoms with E-state index in [0.717, 1.165) is 31.2 Å². The Morgan fingerprint density at radius 2 is 2.50 bits per heavy atom.